The predicted octanol–water partition coefficient (Wildman–Crippen LogP) is 1.81. The minimum atomic E-state index is 0.197. The van der Waals surface area contributed by atoms with Crippen molar-refractivity contribution in [3.63, 3.8) is 0 Å². The molecule has 0 aromatic carbocycles. The Balaban J connectivity index is 1.63. The van der Waals surface area contributed by atoms with Crippen LogP contribution in [0, 0.1) is 5.92 Å². The third-order valence-corrected chi connectivity index (χ3v) is 5.23. The van der Waals surface area contributed by atoms with Gasteiger partial charge >= 0.3 is 0 Å². The second-order valence-electron chi connectivity index (χ2n) is 6.93. The van der Waals surface area contributed by atoms with Crippen molar-refractivity contribution in [3.05, 3.63) is 11.6 Å². The maximum atomic E-state index is 9.46. The zero-order valence-corrected chi connectivity index (χ0v) is 13.3. The number of rotatable bonds is 4. The molecule has 0 bridgehead atoms. The molecule has 21 heavy (non-hydrogen) atoms. The van der Waals surface area contributed by atoms with Crippen molar-refractivity contribution in [2.24, 2.45) is 5.92 Å². The van der Waals surface area contributed by atoms with Crippen molar-refractivity contribution in [1.29, 1.82) is 0 Å². The Labute approximate surface area is 127 Å². The zero-order valence-electron chi connectivity index (χ0n) is 13.3. The highest BCUT2D eigenvalue weighted by Gasteiger charge is 2.27. The van der Waals surface area contributed by atoms with Gasteiger partial charge in [0, 0.05) is 24.9 Å². The number of fused-ring (bicyclic) bond motifs is 1. The number of hydrogen-bond donors (Lipinski definition) is 1. The van der Waals surface area contributed by atoms with E-state index in [1.165, 1.54) is 25.9 Å². The van der Waals surface area contributed by atoms with Gasteiger partial charge in [-0.3, -0.25) is 0 Å². The van der Waals surface area contributed by atoms with Crippen LogP contribution >= 0.6 is 0 Å². The Bertz CT molecular complexity index is 463. The highest BCUT2D eigenvalue weighted by atomic mass is 16.3. The molecule has 1 N–H and O–H groups in total. The minimum Gasteiger partial charge on any atom is -0.396 e. The van der Waals surface area contributed by atoms with E-state index in [1.54, 1.807) is 0 Å². The minimum absolute atomic E-state index is 0.197. The second-order valence-corrected chi connectivity index (χ2v) is 6.93. The van der Waals surface area contributed by atoms with Crippen molar-refractivity contribution >= 4 is 0 Å². The smallest absolute Gasteiger partial charge is 0.138 e. The van der Waals surface area contributed by atoms with Gasteiger partial charge in [-0.15, -0.1) is 10.2 Å². The summed E-state index contributed by atoms with van der Waals surface area (Å²) in [7, 11) is 0. The number of aliphatic hydroxyl groups is 1. The van der Waals surface area contributed by atoms with E-state index in [2.05, 4.69) is 33.5 Å². The SMILES string of the molecule is CC(C)N1CCC(Cc2nnc3n2CCCC3CO)CC1. The summed E-state index contributed by atoms with van der Waals surface area (Å²) in [6.45, 7) is 8.21. The zero-order chi connectivity index (χ0) is 14.8. The molecule has 118 valence electrons. The quantitative estimate of drug-likeness (QED) is 0.919. The molecule has 1 aromatic heterocycles. The molecule has 1 saturated heterocycles. The molecule has 0 saturated carbocycles. The standard InChI is InChI=1S/C16H28N4O/c1-12(2)19-8-5-13(6-9-19)10-15-17-18-16-14(11-21)4-3-7-20(15)16/h12-14,21H,3-11H2,1-2H3. The molecule has 3 heterocycles. The van der Waals surface area contributed by atoms with E-state index in [1.807, 2.05) is 0 Å². The van der Waals surface area contributed by atoms with Gasteiger partial charge in [0.05, 0.1) is 6.61 Å². The van der Waals surface area contributed by atoms with Crippen LogP contribution in [0.2, 0.25) is 0 Å². The van der Waals surface area contributed by atoms with Crippen molar-refractivity contribution in [2.75, 3.05) is 19.7 Å². The van der Waals surface area contributed by atoms with Gasteiger partial charge in [-0.2, -0.15) is 0 Å². The number of aromatic nitrogens is 3. The average Bonchev–Trinajstić information content (AvgIpc) is 2.91. The first-order valence-electron chi connectivity index (χ1n) is 8.46. The molecular formula is C16H28N4O. The van der Waals surface area contributed by atoms with Crippen molar-refractivity contribution in [2.45, 2.75) is 64.5 Å². The molecular weight excluding hydrogens is 264 g/mol. The predicted molar refractivity (Wildman–Crippen MR) is 82.2 cm³/mol. The number of nitrogens with zero attached hydrogens (tertiary/aromatic N) is 4. The summed E-state index contributed by atoms with van der Waals surface area (Å²) in [6.07, 6.45) is 5.77. The molecule has 3 rings (SSSR count). The third-order valence-electron chi connectivity index (χ3n) is 5.23. The lowest BCUT2D eigenvalue weighted by atomic mass is 9.92. The fourth-order valence-electron chi connectivity index (χ4n) is 3.78. The number of hydrogen-bond acceptors (Lipinski definition) is 4. The van der Waals surface area contributed by atoms with E-state index in [0.717, 1.165) is 43.4 Å². The molecule has 0 amide bonds. The van der Waals surface area contributed by atoms with E-state index in [9.17, 15) is 5.11 Å². The molecule has 1 atom stereocenters. The maximum Gasteiger partial charge on any atom is 0.138 e. The summed E-state index contributed by atoms with van der Waals surface area (Å²) < 4.78 is 2.28. The van der Waals surface area contributed by atoms with Crippen LogP contribution in [-0.2, 0) is 13.0 Å². The summed E-state index contributed by atoms with van der Waals surface area (Å²) in [6, 6.07) is 0.664. The van der Waals surface area contributed by atoms with E-state index in [-0.39, 0.29) is 12.5 Å². The first-order valence-corrected chi connectivity index (χ1v) is 8.46. The van der Waals surface area contributed by atoms with Crippen molar-refractivity contribution < 1.29 is 5.11 Å². The van der Waals surface area contributed by atoms with Crippen molar-refractivity contribution in [1.82, 2.24) is 19.7 Å². The Kier molecular flexibility index (Phi) is 4.60. The number of likely N-dealkylation sites (tertiary alicyclic amines) is 1. The first kappa shape index (κ1) is 15.0. The molecule has 0 radical (unpaired) electrons. The largest absolute Gasteiger partial charge is 0.396 e. The number of aliphatic hydroxyl groups excluding tert-OH is 1. The molecule has 0 spiro atoms. The van der Waals surface area contributed by atoms with Crippen LogP contribution in [0.4, 0.5) is 0 Å². The van der Waals surface area contributed by atoms with E-state index in [4.69, 9.17) is 0 Å². The fourth-order valence-corrected chi connectivity index (χ4v) is 3.78. The summed E-state index contributed by atoms with van der Waals surface area (Å²) in [5.41, 5.74) is 0. The van der Waals surface area contributed by atoms with Crippen LogP contribution in [0.3, 0.4) is 0 Å². The highest BCUT2D eigenvalue weighted by molar-refractivity contribution is 5.06. The van der Waals surface area contributed by atoms with Crippen molar-refractivity contribution in [3.8, 4) is 0 Å². The molecule has 5 nitrogen and oxygen atoms in total. The van der Waals surface area contributed by atoms with Crippen LogP contribution in [0.1, 0.15) is 57.1 Å². The fraction of sp³-hybridized carbons (Fsp3) is 0.875. The Morgan fingerprint density at radius 2 is 1.90 bits per heavy atom. The van der Waals surface area contributed by atoms with Gasteiger partial charge in [-0.05, 0) is 58.5 Å². The summed E-state index contributed by atoms with van der Waals surface area (Å²) >= 11 is 0. The maximum absolute atomic E-state index is 9.46. The highest BCUT2D eigenvalue weighted by Crippen LogP contribution is 2.28. The van der Waals surface area contributed by atoms with Gasteiger partial charge in [0.1, 0.15) is 11.6 Å². The summed E-state index contributed by atoms with van der Waals surface area (Å²) in [5.74, 6) is 3.09. The molecule has 2 aliphatic heterocycles. The molecule has 1 unspecified atom stereocenters. The Morgan fingerprint density at radius 3 is 2.57 bits per heavy atom. The van der Waals surface area contributed by atoms with Gasteiger partial charge in [0.25, 0.3) is 0 Å². The van der Waals surface area contributed by atoms with Crippen LogP contribution in [0.5, 0.6) is 0 Å². The van der Waals surface area contributed by atoms with Crippen LogP contribution < -0.4 is 0 Å². The van der Waals surface area contributed by atoms with Gasteiger partial charge < -0.3 is 14.6 Å². The lowest BCUT2D eigenvalue weighted by molar-refractivity contribution is 0.148. The summed E-state index contributed by atoms with van der Waals surface area (Å²) in [5, 5.41) is 18.3. The number of piperidine rings is 1. The Morgan fingerprint density at radius 1 is 1.14 bits per heavy atom. The first-order chi connectivity index (χ1) is 10.2. The van der Waals surface area contributed by atoms with Gasteiger partial charge in [-0.1, -0.05) is 0 Å². The topological polar surface area (TPSA) is 54.2 Å². The average molecular weight is 292 g/mol. The third kappa shape index (κ3) is 3.14. The molecule has 5 heteroatoms. The molecule has 1 aromatic rings. The summed E-state index contributed by atoms with van der Waals surface area (Å²) in [4.78, 5) is 2.57. The van der Waals surface area contributed by atoms with E-state index < -0.39 is 0 Å². The van der Waals surface area contributed by atoms with Crippen LogP contribution in [0.15, 0.2) is 0 Å². The normalized spacial score (nSPS) is 24.5. The van der Waals surface area contributed by atoms with Crippen LogP contribution in [-0.4, -0.2) is 50.5 Å². The molecule has 2 aliphatic rings. The van der Waals surface area contributed by atoms with Gasteiger partial charge in [-0.25, -0.2) is 0 Å². The van der Waals surface area contributed by atoms with Gasteiger partial charge in [0.15, 0.2) is 0 Å². The lowest BCUT2D eigenvalue weighted by Crippen LogP contribution is -2.39. The Hall–Kier alpha value is -0.940. The van der Waals surface area contributed by atoms with Gasteiger partial charge in [0.2, 0.25) is 0 Å². The van der Waals surface area contributed by atoms with E-state index >= 15 is 0 Å². The van der Waals surface area contributed by atoms with E-state index in [0.29, 0.717) is 6.04 Å². The monoisotopic (exact) mass is 292 g/mol. The molecule has 0 aliphatic carbocycles. The molecule has 1 fully saturated rings. The van der Waals surface area contributed by atoms with Crippen LogP contribution in [0.25, 0.3) is 0 Å². The second kappa shape index (κ2) is 6.44. The lowest BCUT2D eigenvalue weighted by Gasteiger charge is -2.34.